The molecule has 0 bridgehead atoms. The molecule has 1 aliphatic carbocycles. The molecule has 1 aromatic rings. The van der Waals surface area contributed by atoms with Crippen molar-refractivity contribution in [3.8, 4) is 5.75 Å². The van der Waals surface area contributed by atoms with E-state index in [1.165, 1.54) is 12.0 Å². The summed E-state index contributed by atoms with van der Waals surface area (Å²) in [5.41, 5.74) is 7.55. The van der Waals surface area contributed by atoms with Gasteiger partial charge >= 0.3 is 0 Å². The lowest BCUT2D eigenvalue weighted by molar-refractivity contribution is 0.412. The van der Waals surface area contributed by atoms with E-state index in [1.807, 2.05) is 12.1 Å². The van der Waals surface area contributed by atoms with Crippen molar-refractivity contribution in [3.63, 3.8) is 0 Å². The Morgan fingerprint density at radius 2 is 2.00 bits per heavy atom. The molecule has 1 fully saturated rings. The molecule has 0 aromatic heterocycles. The Bertz CT molecular complexity index is 358. The Balaban J connectivity index is 2.28. The third-order valence-electron chi connectivity index (χ3n) is 4.09. The van der Waals surface area contributed by atoms with E-state index in [-0.39, 0.29) is 0 Å². The molecule has 1 aromatic carbocycles. The highest BCUT2D eigenvalue weighted by Gasteiger charge is 2.55. The minimum absolute atomic E-state index is 0.320. The van der Waals surface area contributed by atoms with Gasteiger partial charge in [-0.3, -0.25) is 0 Å². The number of rotatable bonds is 4. The smallest absolute Gasteiger partial charge is 0.118 e. The number of nitrogens with two attached hydrogens (primary N) is 1. The molecule has 2 heteroatoms. The normalized spacial score (nSPS) is 28.2. The summed E-state index contributed by atoms with van der Waals surface area (Å²) in [6.45, 7) is 5.38. The Hall–Kier alpha value is -1.02. The molecular weight excluding hydrogens is 198 g/mol. The van der Waals surface area contributed by atoms with Gasteiger partial charge in [0.25, 0.3) is 0 Å². The SMILES string of the molecule is COc1ccc(C2(C(C)C)C[C@H]2CN)cc1. The number of benzene rings is 1. The van der Waals surface area contributed by atoms with Crippen molar-refractivity contribution < 1.29 is 4.74 Å². The molecule has 1 aliphatic rings. The lowest BCUT2D eigenvalue weighted by Gasteiger charge is -2.22. The standard InChI is InChI=1S/C14H21NO/c1-10(2)14(8-12(14)9-15)11-4-6-13(16-3)7-5-11/h4-7,10,12H,8-9,15H2,1-3H3/t12-,14?/m0/s1. The number of hydrogen-bond donors (Lipinski definition) is 1. The minimum atomic E-state index is 0.320. The third kappa shape index (κ3) is 1.61. The summed E-state index contributed by atoms with van der Waals surface area (Å²) in [5.74, 6) is 2.22. The first-order valence-electron chi connectivity index (χ1n) is 5.99. The summed E-state index contributed by atoms with van der Waals surface area (Å²) in [5, 5.41) is 0. The summed E-state index contributed by atoms with van der Waals surface area (Å²) in [7, 11) is 1.70. The van der Waals surface area contributed by atoms with Crippen LogP contribution < -0.4 is 10.5 Å². The van der Waals surface area contributed by atoms with Gasteiger partial charge in [-0.05, 0) is 42.5 Å². The molecule has 1 saturated carbocycles. The Kier molecular flexibility index (Phi) is 2.94. The third-order valence-corrected chi connectivity index (χ3v) is 4.09. The van der Waals surface area contributed by atoms with Crippen LogP contribution in [0.3, 0.4) is 0 Å². The summed E-state index contributed by atoms with van der Waals surface area (Å²) in [4.78, 5) is 0. The molecule has 0 heterocycles. The van der Waals surface area contributed by atoms with Crippen molar-refractivity contribution >= 4 is 0 Å². The van der Waals surface area contributed by atoms with Crippen LogP contribution >= 0.6 is 0 Å². The van der Waals surface area contributed by atoms with Gasteiger partial charge in [-0.15, -0.1) is 0 Å². The average Bonchev–Trinajstić information content (AvgIpc) is 3.05. The van der Waals surface area contributed by atoms with Crippen LogP contribution in [-0.4, -0.2) is 13.7 Å². The zero-order chi connectivity index (χ0) is 11.8. The second-order valence-electron chi connectivity index (χ2n) is 5.06. The molecule has 16 heavy (non-hydrogen) atoms. The fraction of sp³-hybridized carbons (Fsp3) is 0.571. The highest BCUT2D eigenvalue weighted by Crippen LogP contribution is 2.58. The maximum atomic E-state index is 5.82. The molecule has 0 aliphatic heterocycles. The van der Waals surface area contributed by atoms with E-state index in [0.717, 1.165) is 12.3 Å². The molecule has 0 spiro atoms. The fourth-order valence-corrected chi connectivity index (χ4v) is 2.94. The monoisotopic (exact) mass is 219 g/mol. The summed E-state index contributed by atoms with van der Waals surface area (Å²) in [6, 6.07) is 8.47. The first kappa shape index (κ1) is 11.5. The molecule has 88 valence electrons. The summed E-state index contributed by atoms with van der Waals surface area (Å²) in [6.07, 6.45) is 1.23. The topological polar surface area (TPSA) is 35.2 Å². The molecule has 2 N–H and O–H groups in total. The zero-order valence-corrected chi connectivity index (χ0v) is 10.4. The van der Waals surface area contributed by atoms with Crippen LogP contribution in [0.2, 0.25) is 0 Å². The summed E-state index contributed by atoms with van der Waals surface area (Å²) >= 11 is 0. The first-order chi connectivity index (χ1) is 7.65. The number of methoxy groups -OCH3 is 1. The molecule has 0 saturated heterocycles. The van der Waals surface area contributed by atoms with Crippen molar-refractivity contribution in [2.24, 2.45) is 17.6 Å². The van der Waals surface area contributed by atoms with Crippen LogP contribution in [0.4, 0.5) is 0 Å². The van der Waals surface area contributed by atoms with Gasteiger partial charge in [-0.25, -0.2) is 0 Å². The van der Waals surface area contributed by atoms with Crippen LogP contribution in [0.15, 0.2) is 24.3 Å². The zero-order valence-electron chi connectivity index (χ0n) is 10.4. The Morgan fingerprint density at radius 1 is 1.38 bits per heavy atom. The molecule has 0 amide bonds. The highest BCUT2D eigenvalue weighted by molar-refractivity contribution is 5.38. The lowest BCUT2D eigenvalue weighted by Crippen LogP contribution is -2.21. The Morgan fingerprint density at radius 3 is 2.38 bits per heavy atom. The van der Waals surface area contributed by atoms with E-state index >= 15 is 0 Å². The van der Waals surface area contributed by atoms with Crippen LogP contribution in [0.5, 0.6) is 5.75 Å². The molecule has 1 unspecified atom stereocenters. The second-order valence-corrected chi connectivity index (χ2v) is 5.06. The predicted octanol–water partition coefficient (Wildman–Crippen LogP) is 2.57. The van der Waals surface area contributed by atoms with Crippen LogP contribution in [0.1, 0.15) is 25.8 Å². The van der Waals surface area contributed by atoms with Crippen LogP contribution in [-0.2, 0) is 5.41 Å². The maximum Gasteiger partial charge on any atom is 0.118 e. The predicted molar refractivity (Wildman–Crippen MR) is 66.7 cm³/mol. The van der Waals surface area contributed by atoms with Gasteiger partial charge < -0.3 is 10.5 Å². The van der Waals surface area contributed by atoms with Crippen molar-refractivity contribution in [2.45, 2.75) is 25.7 Å². The molecule has 2 rings (SSSR count). The van der Waals surface area contributed by atoms with Crippen LogP contribution in [0, 0.1) is 11.8 Å². The lowest BCUT2D eigenvalue weighted by atomic mass is 9.83. The fourth-order valence-electron chi connectivity index (χ4n) is 2.94. The van der Waals surface area contributed by atoms with Gasteiger partial charge in [0, 0.05) is 5.41 Å². The van der Waals surface area contributed by atoms with E-state index in [1.54, 1.807) is 7.11 Å². The van der Waals surface area contributed by atoms with Gasteiger partial charge in [0.15, 0.2) is 0 Å². The molecular formula is C14H21NO. The van der Waals surface area contributed by atoms with E-state index in [2.05, 4.69) is 26.0 Å². The molecule has 0 radical (unpaired) electrons. The second kappa shape index (κ2) is 4.10. The van der Waals surface area contributed by atoms with Gasteiger partial charge in [-0.1, -0.05) is 26.0 Å². The summed E-state index contributed by atoms with van der Waals surface area (Å²) < 4.78 is 5.19. The average molecular weight is 219 g/mol. The first-order valence-corrected chi connectivity index (χ1v) is 5.99. The van der Waals surface area contributed by atoms with Gasteiger partial charge in [0.05, 0.1) is 7.11 Å². The van der Waals surface area contributed by atoms with Gasteiger partial charge in [-0.2, -0.15) is 0 Å². The highest BCUT2D eigenvalue weighted by atomic mass is 16.5. The Labute approximate surface area is 97.8 Å². The van der Waals surface area contributed by atoms with Crippen molar-refractivity contribution in [1.29, 1.82) is 0 Å². The van der Waals surface area contributed by atoms with E-state index < -0.39 is 0 Å². The van der Waals surface area contributed by atoms with Crippen molar-refractivity contribution in [3.05, 3.63) is 29.8 Å². The van der Waals surface area contributed by atoms with Crippen LogP contribution in [0.25, 0.3) is 0 Å². The van der Waals surface area contributed by atoms with Gasteiger partial charge in [0.2, 0.25) is 0 Å². The maximum absolute atomic E-state index is 5.82. The van der Waals surface area contributed by atoms with Crippen molar-refractivity contribution in [1.82, 2.24) is 0 Å². The molecule has 2 nitrogen and oxygen atoms in total. The minimum Gasteiger partial charge on any atom is -0.497 e. The van der Waals surface area contributed by atoms with E-state index in [0.29, 0.717) is 17.3 Å². The van der Waals surface area contributed by atoms with Crippen molar-refractivity contribution in [2.75, 3.05) is 13.7 Å². The largest absolute Gasteiger partial charge is 0.497 e. The van der Waals surface area contributed by atoms with E-state index in [9.17, 15) is 0 Å². The molecule has 2 atom stereocenters. The van der Waals surface area contributed by atoms with E-state index in [4.69, 9.17) is 10.5 Å². The number of hydrogen-bond acceptors (Lipinski definition) is 2. The number of ether oxygens (including phenoxy) is 1. The van der Waals surface area contributed by atoms with Gasteiger partial charge in [0.1, 0.15) is 5.75 Å². The quantitative estimate of drug-likeness (QED) is 0.844.